The third-order valence-corrected chi connectivity index (χ3v) is 9.25. The van der Waals surface area contributed by atoms with Crippen LogP contribution in [0.2, 0.25) is 0 Å². The van der Waals surface area contributed by atoms with Crippen LogP contribution < -0.4 is 31.4 Å². The third-order valence-electron chi connectivity index (χ3n) is 9.25. The van der Waals surface area contributed by atoms with Crippen molar-refractivity contribution in [2.24, 2.45) is 0 Å². The molecule has 2 unspecified atom stereocenters. The van der Waals surface area contributed by atoms with E-state index in [-0.39, 0.29) is 65.1 Å². The number of rotatable bonds is 10. The van der Waals surface area contributed by atoms with Crippen LogP contribution in [0.1, 0.15) is 55.9 Å². The molecule has 0 bridgehead atoms. The van der Waals surface area contributed by atoms with Crippen LogP contribution in [0.15, 0.2) is 95.9 Å². The van der Waals surface area contributed by atoms with Gasteiger partial charge in [0.2, 0.25) is 5.95 Å². The van der Waals surface area contributed by atoms with E-state index in [1.165, 1.54) is 42.6 Å². The summed E-state index contributed by atoms with van der Waals surface area (Å²) < 4.78 is 17.7. The molecule has 6 aromatic rings. The molecule has 2 aliphatic rings. The number of aromatic nitrogens is 4. The minimum atomic E-state index is -1.42. The lowest BCUT2D eigenvalue weighted by molar-refractivity contribution is -0.140. The van der Waals surface area contributed by atoms with Gasteiger partial charge >= 0.3 is 17.9 Å². The zero-order valence-electron chi connectivity index (χ0n) is 28.9. The lowest BCUT2D eigenvalue weighted by Gasteiger charge is -2.36. The number of ether oxygens (including phenoxy) is 3. The smallest absolute Gasteiger partial charge is 0.340 e. The van der Waals surface area contributed by atoms with Gasteiger partial charge in [-0.25, -0.2) is 19.6 Å². The van der Waals surface area contributed by atoms with Gasteiger partial charge in [-0.05, 0) is 61.0 Å². The lowest BCUT2D eigenvalue weighted by atomic mass is 9.77. The number of nitrogens with two attached hydrogens (primary N) is 1. The van der Waals surface area contributed by atoms with Crippen LogP contribution in [0, 0.1) is 0 Å². The molecule has 0 saturated carbocycles. The molecule has 8 rings (SSSR count). The average molecular weight is 756 g/mol. The van der Waals surface area contributed by atoms with Gasteiger partial charge in [0.1, 0.15) is 29.0 Å². The molecule has 7 N–H and O–H groups in total. The fourth-order valence-electron chi connectivity index (χ4n) is 6.64. The van der Waals surface area contributed by atoms with E-state index < -0.39 is 41.0 Å². The van der Waals surface area contributed by atoms with E-state index in [2.05, 4.69) is 30.6 Å². The van der Waals surface area contributed by atoms with Crippen LogP contribution in [-0.2, 0) is 26.5 Å². The van der Waals surface area contributed by atoms with Crippen molar-refractivity contribution in [3.05, 3.63) is 135 Å². The van der Waals surface area contributed by atoms with Gasteiger partial charge in [-0.3, -0.25) is 19.4 Å². The maximum atomic E-state index is 13.0. The van der Waals surface area contributed by atoms with Gasteiger partial charge in [-0.15, -0.1) is 0 Å². The maximum Gasteiger partial charge on any atom is 0.340 e. The first-order valence-electron chi connectivity index (χ1n) is 17.1. The first-order chi connectivity index (χ1) is 27.0. The number of amides is 1. The van der Waals surface area contributed by atoms with E-state index in [0.29, 0.717) is 33.6 Å². The summed E-state index contributed by atoms with van der Waals surface area (Å²) in [4.78, 5) is 77.8. The fraction of sp³-hybridized carbons (Fsp3) is 0.128. The lowest BCUT2D eigenvalue weighted by Crippen LogP contribution is -2.41. The molecular formula is C39H29N7O10. The molecule has 4 heterocycles. The predicted molar refractivity (Wildman–Crippen MR) is 196 cm³/mol. The average Bonchev–Trinajstić information content (AvgIpc) is 3.47. The first-order valence-corrected chi connectivity index (χ1v) is 17.1. The highest BCUT2D eigenvalue weighted by molar-refractivity contribution is 5.98. The molecule has 4 aromatic carbocycles. The zero-order chi connectivity index (χ0) is 39.1. The van der Waals surface area contributed by atoms with Gasteiger partial charge in [-0.1, -0.05) is 18.2 Å². The number of aromatic amines is 1. The highest BCUT2D eigenvalue weighted by atomic mass is 16.6. The molecule has 0 saturated heterocycles. The Morgan fingerprint density at radius 1 is 0.929 bits per heavy atom. The Hall–Kier alpha value is -7.82. The molecule has 1 spiro atoms. The summed E-state index contributed by atoms with van der Waals surface area (Å²) in [5, 5.41) is 25.6. The Balaban J connectivity index is 0.901. The minimum Gasteiger partial charge on any atom is -0.508 e. The number of H-pyrrole nitrogens is 1. The van der Waals surface area contributed by atoms with E-state index >= 15 is 0 Å². The van der Waals surface area contributed by atoms with Crippen molar-refractivity contribution in [3.63, 3.8) is 0 Å². The molecule has 1 amide bonds. The summed E-state index contributed by atoms with van der Waals surface area (Å²) in [7, 11) is 0. The van der Waals surface area contributed by atoms with E-state index in [4.69, 9.17) is 19.9 Å². The topological polar surface area (TPSA) is 258 Å². The number of esters is 2. The van der Waals surface area contributed by atoms with Crippen molar-refractivity contribution >= 4 is 46.6 Å². The molecule has 280 valence electrons. The van der Waals surface area contributed by atoms with Crippen LogP contribution >= 0.6 is 0 Å². The normalized spacial score (nSPS) is 15.5. The molecule has 2 aliphatic heterocycles. The second kappa shape index (κ2) is 13.9. The number of hydrogen-bond acceptors (Lipinski definition) is 14. The molecule has 0 radical (unpaired) electrons. The van der Waals surface area contributed by atoms with Crippen LogP contribution in [0.4, 0.5) is 11.6 Å². The van der Waals surface area contributed by atoms with Crippen molar-refractivity contribution in [1.29, 1.82) is 0 Å². The molecule has 17 nitrogen and oxygen atoms in total. The van der Waals surface area contributed by atoms with E-state index in [0.717, 1.165) is 0 Å². The predicted octanol–water partition coefficient (Wildman–Crippen LogP) is 3.75. The summed E-state index contributed by atoms with van der Waals surface area (Å²) in [6.45, 7) is 0.192. The quantitative estimate of drug-likeness (QED) is 0.0860. The molecule has 56 heavy (non-hydrogen) atoms. The number of aromatic hydroxyl groups is 1. The van der Waals surface area contributed by atoms with E-state index in [9.17, 15) is 34.2 Å². The molecule has 17 heteroatoms. The number of phenols is 1. The van der Waals surface area contributed by atoms with Crippen LogP contribution in [0.5, 0.6) is 23.0 Å². The number of nitrogens with zero attached hydrogens (tertiary/aromatic N) is 3. The molecule has 0 aliphatic carbocycles. The van der Waals surface area contributed by atoms with Crippen LogP contribution in [-0.4, -0.2) is 60.0 Å². The number of hydrogen-bond donors (Lipinski definition) is 6. The summed E-state index contributed by atoms with van der Waals surface area (Å²) in [6, 6.07) is 20.7. The standard InChI is InChI=1S/C39H29N7O10/c40-38-45-33-32(35(50)46-38)43-21(18-42-33)17-41-20-7-5-19(6-8-20)34(49)44-28(36(51)52)13-14-31(48)54-23-10-12-27-30(16-23)55-29-15-22(47)9-11-26(29)39(27)25-4-2-1-3-24(25)37(53)56-39/h1-12,15-16,18,28,41,47H,13-14,17H2,(H,44,49)(H,51,52)(H3,40,42,45,46,50). The second-order valence-electron chi connectivity index (χ2n) is 12.8. The SMILES string of the molecule is Nc1nc2ncc(CNc3ccc(C(=O)NC(CCC(=O)Oc4ccc5c(c4)Oc4cc(O)ccc4C54OC(=O)c5ccccc54)C(=O)O)cc3)nc2c(=O)[nH]1. The van der Waals surface area contributed by atoms with Gasteiger partial charge in [-0.2, -0.15) is 4.98 Å². The van der Waals surface area contributed by atoms with Crippen LogP contribution in [0.3, 0.4) is 0 Å². The number of nitrogen functional groups attached to an aromatic ring is 1. The fourth-order valence-corrected chi connectivity index (χ4v) is 6.64. The Kier molecular flexibility index (Phi) is 8.72. The summed E-state index contributed by atoms with van der Waals surface area (Å²) >= 11 is 0. The van der Waals surface area contributed by atoms with Crippen molar-refractivity contribution < 1.29 is 43.6 Å². The largest absolute Gasteiger partial charge is 0.508 e. The minimum absolute atomic E-state index is 0.0352. The number of phenolic OH excluding ortho intramolecular Hbond substituents is 1. The van der Waals surface area contributed by atoms with Crippen molar-refractivity contribution in [2.45, 2.75) is 31.0 Å². The van der Waals surface area contributed by atoms with Gasteiger partial charge in [0, 0.05) is 46.5 Å². The zero-order valence-corrected chi connectivity index (χ0v) is 28.9. The number of aliphatic carboxylic acids is 1. The summed E-state index contributed by atoms with van der Waals surface area (Å²) in [5.74, 6) is -2.98. The highest BCUT2D eigenvalue weighted by Gasteiger charge is 2.53. The maximum absolute atomic E-state index is 13.0. The van der Waals surface area contributed by atoms with Crippen LogP contribution in [0.25, 0.3) is 11.2 Å². The third kappa shape index (κ3) is 6.42. The highest BCUT2D eigenvalue weighted by Crippen LogP contribution is 2.57. The molecule has 2 aromatic heterocycles. The Morgan fingerprint density at radius 2 is 1.68 bits per heavy atom. The van der Waals surface area contributed by atoms with Gasteiger partial charge in [0.25, 0.3) is 11.5 Å². The van der Waals surface area contributed by atoms with E-state index in [1.54, 1.807) is 48.5 Å². The summed E-state index contributed by atoms with van der Waals surface area (Å²) in [5.41, 5.74) is 6.92. The number of benzene rings is 4. The number of carboxylic acid groups (broad SMARTS) is 1. The second-order valence-corrected chi connectivity index (χ2v) is 12.8. The van der Waals surface area contributed by atoms with Gasteiger partial charge in [0.05, 0.1) is 24.0 Å². The van der Waals surface area contributed by atoms with Gasteiger partial charge < -0.3 is 40.8 Å². The van der Waals surface area contributed by atoms with Crippen molar-refractivity contribution in [2.75, 3.05) is 11.1 Å². The Labute approximate surface area is 315 Å². The first kappa shape index (κ1) is 35.2. The number of carbonyl (C=O) groups excluding carboxylic acids is 3. The number of anilines is 2. The number of nitrogens with one attached hydrogen (secondary N) is 3. The van der Waals surface area contributed by atoms with E-state index in [1.807, 2.05) is 0 Å². The number of fused-ring (bicyclic) bond motifs is 7. The van der Waals surface area contributed by atoms with Gasteiger partial charge in [0.15, 0.2) is 16.8 Å². The number of carbonyl (C=O) groups is 4. The molecule has 0 fully saturated rings. The summed E-state index contributed by atoms with van der Waals surface area (Å²) in [6.07, 6.45) is 0.806. The Morgan fingerprint density at radius 3 is 2.46 bits per heavy atom. The van der Waals surface area contributed by atoms with Crippen molar-refractivity contribution in [3.8, 4) is 23.0 Å². The van der Waals surface area contributed by atoms with Crippen molar-refractivity contribution in [1.82, 2.24) is 25.3 Å². The Bertz CT molecular complexity index is 2660. The molecule has 2 atom stereocenters. The molecular weight excluding hydrogens is 726 g/mol. The monoisotopic (exact) mass is 755 g/mol. The number of carboxylic acids is 1.